The number of morpholine rings is 1. The summed E-state index contributed by atoms with van der Waals surface area (Å²) >= 11 is 0. The van der Waals surface area contributed by atoms with Gasteiger partial charge in [0, 0.05) is 13.1 Å². The third kappa shape index (κ3) is 3.23. The first-order chi connectivity index (χ1) is 8.54. The highest BCUT2D eigenvalue weighted by molar-refractivity contribution is 5.66. The molecule has 1 fully saturated rings. The predicted octanol–water partition coefficient (Wildman–Crippen LogP) is -0.633. The van der Waals surface area contributed by atoms with Crippen LogP contribution in [-0.4, -0.2) is 61.5 Å². The van der Waals surface area contributed by atoms with Gasteiger partial charge in [0.2, 0.25) is 0 Å². The van der Waals surface area contributed by atoms with Crippen LogP contribution in [0.25, 0.3) is 0 Å². The Morgan fingerprint density at radius 3 is 2.72 bits per heavy atom. The van der Waals surface area contributed by atoms with E-state index in [1.54, 1.807) is 0 Å². The number of carbonyl (C=O) groups is 1. The van der Waals surface area contributed by atoms with Gasteiger partial charge in [-0.2, -0.15) is 0 Å². The molecule has 0 amide bonds. The van der Waals surface area contributed by atoms with Gasteiger partial charge >= 0.3 is 5.97 Å². The standard InChI is InChI=1S/C10H17N5O3/c1-7-3-14(4-8(2)18-7)5-9-11-12-13-15(9)6-10(16)17/h7-8H,3-6H2,1-2H3,(H,16,17)/t7-,8+. The number of nitrogens with zero attached hydrogens (tertiary/aromatic N) is 5. The highest BCUT2D eigenvalue weighted by Crippen LogP contribution is 2.12. The minimum Gasteiger partial charge on any atom is -0.480 e. The second-order valence-electron chi connectivity index (χ2n) is 4.60. The van der Waals surface area contributed by atoms with Crippen LogP contribution in [0.1, 0.15) is 19.7 Å². The molecular weight excluding hydrogens is 238 g/mol. The van der Waals surface area contributed by atoms with Crippen LogP contribution in [0, 0.1) is 0 Å². The molecule has 0 radical (unpaired) electrons. The summed E-state index contributed by atoms with van der Waals surface area (Å²) in [4.78, 5) is 12.8. The maximum Gasteiger partial charge on any atom is 0.325 e. The Hall–Kier alpha value is -1.54. The number of tetrazole rings is 1. The molecule has 2 atom stereocenters. The van der Waals surface area contributed by atoms with Crippen LogP contribution in [0.5, 0.6) is 0 Å². The van der Waals surface area contributed by atoms with Gasteiger partial charge in [-0.3, -0.25) is 9.69 Å². The third-order valence-electron chi connectivity index (χ3n) is 2.75. The molecule has 18 heavy (non-hydrogen) atoms. The van der Waals surface area contributed by atoms with E-state index >= 15 is 0 Å². The van der Waals surface area contributed by atoms with Gasteiger partial charge in [0.15, 0.2) is 5.82 Å². The lowest BCUT2D eigenvalue weighted by atomic mass is 10.2. The van der Waals surface area contributed by atoms with E-state index in [0.29, 0.717) is 12.4 Å². The molecule has 2 rings (SSSR count). The number of ether oxygens (including phenoxy) is 1. The van der Waals surface area contributed by atoms with Crippen molar-refractivity contribution >= 4 is 5.97 Å². The van der Waals surface area contributed by atoms with Crippen LogP contribution in [0.3, 0.4) is 0 Å². The van der Waals surface area contributed by atoms with Crippen LogP contribution in [-0.2, 0) is 22.6 Å². The molecule has 0 aliphatic carbocycles. The van der Waals surface area contributed by atoms with E-state index in [0.717, 1.165) is 13.1 Å². The summed E-state index contributed by atoms with van der Waals surface area (Å²) in [6.45, 7) is 5.95. The predicted molar refractivity (Wildman–Crippen MR) is 60.7 cm³/mol. The fourth-order valence-electron chi connectivity index (χ4n) is 2.20. The summed E-state index contributed by atoms with van der Waals surface area (Å²) < 4.78 is 6.95. The topological polar surface area (TPSA) is 93.4 Å². The molecule has 2 heterocycles. The monoisotopic (exact) mass is 255 g/mol. The first-order valence-electron chi connectivity index (χ1n) is 5.89. The lowest BCUT2D eigenvalue weighted by Crippen LogP contribution is -2.45. The van der Waals surface area contributed by atoms with Gasteiger partial charge < -0.3 is 9.84 Å². The zero-order chi connectivity index (χ0) is 13.1. The summed E-state index contributed by atoms with van der Waals surface area (Å²) in [5, 5.41) is 19.8. The van der Waals surface area contributed by atoms with Gasteiger partial charge in [0.05, 0.1) is 18.8 Å². The van der Waals surface area contributed by atoms with Crippen LogP contribution >= 0.6 is 0 Å². The maximum atomic E-state index is 10.7. The van der Waals surface area contributed by atoms with E-state index in [1.165, 1.54) is 4.68 Å². The van der Waals surface area contributed by atoms with Gasteiger partial charge in [-0.15, -0.1) is 5.10 Å². The highest BCUT2D eigenvalue weighted by atomic mass is 16.5. The van der Waals surface area contributed by atoms with Gasteiger partial charge in [0.25, 0.3) is 0 Å². The van der Waals surface area contributed by atoms with Gasteiger partial charge in [0.1, 0.15) is 6.54 Å². The Bertz CT molecular complexity index is 411. The smallest absolute Gasteiger partial charge is 0.325 e. The van der Waals surface area contributed by atoms with Crippen molar-refractivity contribution in [2.75, 3.05) is 13.1 Å². The van der Waals surface area contributed by atoms with E-state index in [1.807, 2.05) is 13.8 Å². The Morgan fingerprint density at radius 1 is 1.44 bits per heavy atom. The molecule has 0 unspecified atom stereocenters. The van der Waals surface area contributed by atoms with E-state index in [4.69, 9.17) is 9.84 Å². The van der Waals surface area contributed by atoms with Crippen molar-refractivity contribution in [2.45, 2.75) is 39.1 Å². The van der Waals surface area contributed by atoms with E-state index in [2.05, 4.69) is 20.4 Å². The maximum absolute atomic E-state index is 10.7. The molecule has 1 saturated heterocycles. The fourth-order valence-corrected chi connectivity index (χ4v) is 2.20. The highest BCUT2D eigenvalue weighted by Gasteiger charge is 2.24. The van der Waals surface area contributed by atoms with Crippen LogP contribution < -0.4 is 0 Å². The summed E-state index contributed by atoms with van der Waals surface area (Å²) in [5.74, 6) is -0.383. The second kappa shape index (κ2) is 5.40. The summed E-state index contributed by atoms with van der Waals surface area (Å²) in [6.07, 6.45) is 0.329. The third-order valence-corrected chi connectivity index (χ3v) is 2.75. The molecule has 8 nitrogen and oxygen atoms in total. The van der Waals surface area contributed by atoms with Crippen LogP contribution in [0.15, 0.2) is 0 Å². The van der Waals surface area contributed by atoms with Gasteiger partial charge in [-0.25, -0.2) is 4.68 Å². The first kappa shape index (κ1) is 12.9. The summed E-state index contributed by atoms with van der Waals surface area (Å²) in [7, 11) is 0. The minimum absolute atomic E-state index is 0.164. The van der Waals surface area contributed by atoms with Crippen molar-refractivity contribution < 1.29 is 14.6 Å². The lowest BCUT2D eigenvalue weighted by molar-refractivity contribution is -0.138. The Labute approximate surface area is 105 Å². The molecular formula is C10H17N5O3. The molecule has 0 saturated carbocycles. The first-order valence-corrected chi connectivity index (χ1v) is 5.89. The van der Waals surface area contributed by atoms with Crippen LogP contribution in [0.4, 0.5) is 0 Å². The largest absolute Gasteiger partial charge is 0.480 e. The minimum atomic E-state index is -0.952. The lowest BCUT2D eigenvalue weighted by Gasteiger charge is -2.34. The molecule has 1 N–H and O–H groups in total. The number of carboxylic acids is 1. The number of hydrogen-bond donors (Lipinski definition) is 1. The number of hydrogen-bond acceptors (Lipinski definition) is 6. The normalized spacial score (nSPS) is 25.2. The van der Waals surface area contributed by atoms with Gasteiger partial charge in [-0.1, -0.05) is 0 Å². The second-order valence-corrected chi connectivity index (χ2v) is 4.60. The van der Waals surface area contributed by atoms with Crippen molar-refractivity contribution in [3.63, 3.8) is 0 Å². The van der Waals surface area contributed by atoms with E-state index < -0.39 is 5.97 Å². The molecule has 1 aromatic heterocycles. The van der Waals surface area contributed by atoms with Crippen molar-refractivity contribution in [1.82, 2.24) is 25.1 Å². The molecule has 0 bridgehead atoms. The number of carboxylic acid groups (broad SMARTS) is 1. The molecule has 1 aliphatic rings. The van der Waals surface area contributed by atoms with Gasteiger partial charge in [-0.05, 0) is 24.3 Å². The Balaban J connectivity index is 2.00. The van der Waals surface area contributed by atoms with Crippen molar-refractivity contribution in [3.05, 3.63) is 5.82 Å². The van der Waals surface area contributed by atoms with Crippen molar-refractivity contribution in [2.24, 2.45) is 0 Å². The average molecular weight is 255 g/mol. The SMILES string of the molecule is C[C@@H]1CN(Cc2nnnn2CC(=O)O)C[C@H](C)O1. The molecule has 1 aliphatic heterocycles. The van der Waals surface area contributed by atoms with Crippen LogP contribution in [0.2, 0.25) is 0 Å². The summed E-state index contributed by atoms with van der Waals surface area (Å²) in [5.41, 5.74) is 0. The zero-order valence-electron chi connectivity index (χ0n) is 10.5. The average Bonchev–Trinajstić information content (AvgIpc) is 2.63. The Kier molecular flexibility index (Phi) is 3.87. The van der Waals surface area contributed by atoms with Crippen molar-refractivity contribution in [3.8, 4) is 0 Å². The Morgan fingerprint density at radius 2 is 2.11 bits per heavy atom. The summed E-state index contributed by atoms with van der Waals surface area (Å²) in [6, 6.07) is 0. The number of aliphatic carboxylic acids is 1. The number of aromatic nitrogens is 4. The molecule has 0 spiro atoms. The quantitative estimate of drug-likeness (QED) is 0.765. The molecule has 0 aromatic carbocycles. The zero-order valence-corrected chi connectivity index (χ0v) is 10.5. The molecule has 100 valence electrons. The fraction of sp³-hybridized carbons (Fsp3) is 0.800. The molecule has 1 aromatic rings. The van der Waals surface area contributed by atoms with E-state index in [9.17, 15) is 4.79 Å². The molecule has 8 heteroatoms. The van der Waals surface area contributed by atoms with Crippen molar-refractivity contribution in [1.29, 1.82) is 0 Å². The number of rotatable bonds is 4. The van der Waals surface area contributed by atoms with E-state index in [-0.39, 0.29) is 18.8 Å².